The van der Waals surface area contributed by atoms with Crippen LogP contribution >= 0.6 is 0 Å². The van der Waals surface area contributed by atoms with Gasteiger partial charge in [0.2, 0.25) is 0 Å². The molecular formula is C16H35N3. The lowest BCUT2D eigenvalue weighted by atomic mass is 10.0. The van der Waals surface area contributed by atoms with E-state index in [1.54, 1.807) is 0 Å². The SMILES string of the molecule is CC(C)C(CN(C)C)NC1CCCN(C(C)C)CC1. The van der Waals surface area contributed by atoms with E-state index in [1.165, 1.54) is 32.4 Å². The fourth-order valence-corrected chi connectivity index (χ4v) is 2.95. The van der Waals surface area contributed by atoms with Gasteiger partial charge in [-0.2, -0.15) is 0 Å². The van der Waals surface area contributed by atoms with Crippen molar-refractivity contribution in [3.63, 3.8) is 0 Å². The zero-order valence-corrected chi connectivity index (χ0v) is 13.9. The van der Waals surface area contributed by atoms with Crippen LogP contribution in [0.1, 0.15) is 47.0 Å². The Hall–Kier alpha value is -0.120. The van der Waals surface area contributed by atoms with Gasteiger partial charge in [0.05, 0.1) is 0 Å². The summed E-state index contributed by atoms with van der Waals surface area (Å²) in [6, 6.07) is 2.02. The Balaban J connectivity index is 2.46. The monoisotopic (exact) mass is 269 g/mol. The Labute approximate surface area is 120 Å². The van der Waals surface area contributed by atoms with Crippen molar-refractivity contribution in [2.24, 2.45) is 5.92 Å². The fraction of sp³-hybridized carbons (Fsp3) is 1.00. The highest BCUT2D eigenvalue weighted by Gasteiger charge is 2.22. The van der Waals surface area contributed by atoms with Crippen molar-refractivity contribution < 1.29 is 0 Å². The van der Waals surface area contributed by atoms with Gasteiger partial charge in [0.1, 0.15) is 0 Å². The number of hydrogen-bond acceptors (Lipinski definition) is 3. The van der Waals surface area contributed by atoms with Gasteiger partial charge in [-0.25, -0.2) is 0 Å². The van der Waals surface area contributed by atoms with Crippen LogP contribution in [0.25, 0.3) is 0 Å². The van der Waals surface area contributed by atoms with Gasteiger partial charge < -0.3 is 15.1 Å². The molecule has 1 heterocycles. The molecule has 19 heavy (non-hydrogen) atoms. The van der Waals surface area contributed by atoms with E-state index in [0.29, 0.717) is 24.0 Å². The van der Waals surface area contributed by atoms with Crippen LogP contribution in [-0.2, 0) is 0 Å². The van der Waals surface area contributed by atoms with Crippen LogP contribution in [0, 0.1) is 5.92 Å². The van der Waals surface area contributed by atoms with E-state index in [4.69, 9.17) is 0 Å². The standard InChI is InChI=1S/C16H35N3/c1-13(2)16(12-18(5)6)17-15-8-7-10-19(11-9-15)14(3)4/h13-17H,7-12H2,1-6H3. The summed E-state index contributed by atoms with van der Waals surface area (Å²) in [5.41, 5.74) is 0. The van der Waals surface area contributed by atoms with E-state index in [-0.39, 0.29) is 0 Å². The highest BCUT2D eigenvalue weighted by Crippen LogP contribution is 2.15. The average Bonchev–Trinajstić information content (AvgIpc) is 2.53. The number of nitrogens with zero attached hydrogens (tertiary/aromatic N) is 2. The topological polar surface area (TPSA) is 18.5 Å². The van der Waals surface area contributed by atoms with E-state index < -0.39 is 0 Å². The second kappa shape index (κ2) is 8.23. The first kappa shape index (κ1) is 16.9. The van der Waals surface area contributed by atoms with E-state index in [9.17, 15) is 0 Å². The van der Waals surface area contributed by atoms with Crippen LogP contribution in [-0.4, -0.2) is 61.7 Å². The van der Waals surface area contributed by atoms with E-state index >= 15 is 0 Å². The Morgan fingerprint density at radius 2 is 1.79 bits per heavy atom. The van der Waals surface area contributed by atoms with E-state index in [0.717, 1.165) is 6.54 Å². The lowest BCUT2D eigenvalue weighted by Gasteiger charge is -2.30. The lowest BCUT2D eigenvalue weighted by Crippen LogP contribution is -2.47. The molecular weight excluding hydrogens is 234 g/mol. The van der Waals surface area contributed by atoms with Crippen molar-refractivity contribution >= 4 is 0 Å². The van der Waals surface area contributed by atoms with Crippen molar-refractivity contribution in [2.45, 2.75) is 65.1 Å². The smallest absolute Gasteiger partial charge is 0.0220 e. The molecule has 1 aliphatic rings. The predicted molar refractivity (Wildman–Crippen MR) is 84.7 cm³/mol. The van der Waals surface area contributed by atoms with Crippen LogP contribution in [0.4, 0.5) is 0 Å². The Bertz CT molecular complexity index is 238. The van der Waals surface area contributed by atoms with Crippen LogP contribution in [0.15, 0.2) is 0 Å². The molecule has 0 aromatic carbocycles. The maximum atomic E-state index is 3.92. The Morgan fingerprint density at radius 1 is 1.11 bits per heavy atom. The van der Waals surface area contributed by atoms with Gasteiger partial charge in [0.15, 0.2) is 0 Å². The number of hydrogen-bond donors (Lipinski definition) is 1. The Morgan fingerprint density at radius 3 is 2.32 bits per heavy atom. The van der Waals surface area contributed by atoms with Gasteiger partial charge in [-0.1, -0.05) is 13.8 Å². The Kier molecular flexibility index (Phi) is 7.33. The molecule has 0 bridgehead atoms. The molecule has 3 nitrogen and oxygen atoms in total. The minimum absolute atomic E-state index is 0.616. The highest BCUT2D eigenvalue weighted by molar-refractivity contribution is 4.82. The summed E-state index contributed by atoms with van der Waals surface area (Å²) in [5.74, 6) is 0.701. The first-order valence-electron chi connectivity index (χ1n) is 8.05. The summed E-state index contributed by atoms with van der Waals surface area (Å²) < 4.78 is 0. The minimum Gasteiger partial charge on any atom is -0.310 e. The van der Waals surface area contributed by atoms with Crippen molar-refractivity contribution in [2.75, 3.05) is 33.7 Å². The molecule has 2 atom stereocenters. The summed E-state index contributed by atoms with van der Waals surface area (Å²) in [6.07, 6.45) is 3.97. The molecule has 1 fully saturated rings. The highest BCUT2D eigenvalue weighted by atomic mass is 15.2. The molecule has 3 heteroatoms. The largest absolute Gasteiger partial charge is 0.310 e. The van der Waals surface area contributed by atoms with Crippen molar-refractivity contribution in [1.82, 2.24) is 15.1 Å². The van der Waals surface area contributed by atoms with Crippen molar-refractivity contribution in [3.8, 4) is 0 Å². The van der Waals surface area contributed by atoms with Gasteiger partial charge in [-0.15, -0.1) is 0 Å². The summed E-state index contributed by atoms with van der Waals surface area (Å²) in [7, 11) is 4.34. The van der Waals surface area contributed by atoms with Gasteiger partial charge in [-0.05, 0) is 66.2 Å². The number of likely N-dealkylation sites (tertiary alicyclic amines) is 1. The van der Waals surface area contributed by atoms with E-state index in [2.05, 4.69) is 56.9 Å². The van der Waals surface area contributed by atoms with Gasteiger partial charge in [-0.3, -0.25) is 0 Å². The summed E-state index contributed by atoms with van der Waals surface area (Å²) in [6.45, 7) is 13.0. The molecule has 0 spiro atoms. The zero-order chi connectivity index (χ0) is 14.4. The number of likely N-dealkylation sites (N-methyl/N-ethyl adjacent to an activating group) is 1. The van der Waals surface area contributed by atoms with Crippen molar-refractivity contribution in [3.05, 3.63) is 0 Å². The van der Waals surface area contributed by atoms with E-state index in [1.807, 2.05) is 0 Å². The molecule has 0 aliphatic carbocycles. The maximum Gasteiger partial charge on any atom is 0.0220 e. The molecule has 1 rings (SSSR count). The third-order valence-electron chi connectivity index (χ3n) is 4.31. The molecule has 0 amide bonds. The van der Waals surface area contributed by atoms with Crippen LogP contribution in [0.5, 0.6) is 0 Å². The molecule has 0 aromatic heterocycles. The van der Waals surface area contributed by atoms with Gasteiger partial charge in [0, 0.05) is 24.7 Å². The zero-order valence-electron chi connectivity index (χ0n) is 13.9. The molecule has 0 aromatic rings. The molecule has 2 unspecified atom stereocenters. The summed E-state index contributed by atoms with van der Waals surface area (Å²) in [5, 5.41) is 3.92. The molecule has 0 saturated carbocycles. The maximum absolute atomic E-state index is 3.92. The third kappa shape index (κ3) is 6.24. The second-order valence-corrected chi connectivity index (χ2v) is 7.04. The molecule has 114 valence electrons. The number of rotatable bonds is 6. The molecule has 0 radical (unpaired) electrons. The molecule has 1 aliphatic heterocycles. The number of nitrogens with one attached hydrogen (secondary N) is 1. The first-order valence-corrected chi connectivity index (χ1v) is 8.05. The second-order valence-electron chi connectivity index (χ2n) is 7.04. The quantitative estimate of drug-likeness (QED) is 0.799. The van der Waals surface area contributed by atoms with Crippen molar-refractivity contribution in [1.29, 1.82) is 0 Å². The summed E-state index contributed by atoms with van der Waals surface area (Å²) in [4.78, 5) is 4.92. The third-order valence-corrected chi connectivity index (χ3v) is 4.31. The van der Waals surface area contributed by atoms with Crippen LogP contribution in [0.3, 0.4) is 0 Å². The molecule has 1 saturated heterocycles. The molecule has 1 N–H and O–H groups in total. The normalized spacial score (nSPS) is 24.2. The van der Waals surface area contributed by atoms with Crippen LogP contribution in [0.2, 0.25) is 0 Å². The van der Waals surface area contributed by atoms with Gasteiger partial charge >= 0.3 is 0 Å². The van der Waals surface area contributed by atoms with Crippen LogP contribution < -0.4 is 5.32 Å². The summed E-state index contributed by atoms with van der Waals surface area (Å²) >= 11 is 0. The average molecular weight is 269 g/mol. The first-order chi connectivity index (χ1) is 8.90. The predicted octanol–water partition coefficient (Wildman–Crippen LogP) is 2.43. The minimum atomic E-state index is 0.616. The lowest BCUT2D eigenvalue weighted by molar-refractivity contribution is 0.224. The van der Waals surface area contributed by atoms with Gasteiger partial charge in [0.25, 0.3) is 0 Å². The fourth-order valence-electron chi connectivity index (χ4n) is 2.95.